The monoisotopic (exact) mass is 268 g/mol. The molecule has 0 N–H and O–H groups in total. The summed E-state index contributed by atoms with van der Waals surface area (Å²) in [6, 6.07) is 4.50. The molecular weight excluding hydrogens is 256 g/mol. The van der Waals surface area contributed by atoms with Gasteiger partial charge in [-0.1, -0.05) is 12.1 Å². The Morgan fingerprint density at radius 3 is 2.56 bits per heavy atom. The van der Waals surface area contributed by atoms with Crippen LogP contribution in [0.2, 0.25) is 0 Å². The Bertz CT molecular complexity index is 432. The standard InChI is InChI=1S/C13H13ClO4/c1-2-18-13(17)10-5-3-4-9(11(10)8-15)12(16)6-7-14/h3-5,8H,2,6-7H2,1H3. The Balaban J connectivity index is 3.21. The lowest BCUT2D eigenvalue weighted by Gasteiger charge is -2.08. The number of aldehydes is 1. The molecule has 1 aromatic rings. The number of alkyl halides is 1. The molecule has 0 heterocycles. The Morgan fingerprint density at radius 2 is 2.00 bits per heavy atom. The van der Waals surface area contributed by atoms with Gasteiger partial charge in [-0.3, -0.25) is 9.59 Å². The molecule has 5 heteroatoms. The summed E-state index contributed by atoms with van der Waals surface area (Å²) in [5, 5.41) is 0. The Kier molecular flexibility index (Phi) is 5.52. The van der Waals surface area contributed by atoms with Crippen LogP contribution in [-0.4, -0.2) is 30.5 Å². The molecule has 0 amide bonds. The maximum Gasteiger partial charge on any atom is 0.338 e. The molecule has 0 saturated carbocycles. The highest BCUT2D eigenvalue weighted by atomic mass is 35.5. The number of ether oxygens (including phenoxy) is 1. The van der Waals surface area contributed by atoms with E-state index < -0.39 is 5.97 Å². The van der Waals surface area contributed by atoms with Gasteiger partial charge in [-0.15, -0.1) is 11.6 Å². The lowest BCUT2D eigenvalue weighted by molar-refractivity contribution is 0.0524. The van der Waals surface area contributed by atoms with Crippen molar-refractivity contribution >= 4 is 29.6 Å². The molecule has 0 atom stereocenters. The van der Waals surface area contributed by atoms with Gasteiger partial charge in [0, 0.05) is 23.4 Å². The van der Waals surface area contributed by atoms with Crippen molar-refractivity contribution in [2.24, 2.45) is 0 Å². The second-order valence-electron chi connectivity index (χ2n) is 3.47. The topological polar surface area (TPSA) is 60.4 Å². The minimum atomic E-state index is -0.611. The van der Waals surface area contributed by atoms with Crippen LogP contribution in [0.4, 0.5) is 0 Å². The number of benzene rings is 1. The predicted octanol–water partition coefficient (Wildman–Crippen LogP) is 2.49. The third kappa shape index (κ3) is 3.17. The lowest BCUT2D eigenvalue weighted by Crippen LogP contribution is -2.12. The van der Waals surface area contributed by atoms with Gasteiger partial charge in [-0.25, -0.2) is 4.79 Å². The van der Waals surface area contributed by atoms with Crippen molar-refractivity contribution in [3.05, 3.63) is 34.9 Å². The molecule has 4 nitrogen and oxygen atoms in total. The average Bonchev–Trinajstić information content (AvgIpc) is 2.38. The maximum absolute atomic E-state index is 11.8. The highest BCUT2D eigenvalue weighted by molar-refractivity contribution is 6.20. The van der Waals surface area contributed by atoms with Gasteiger partial charge in [0.15, 0.2) is 12.1 Å². The molecule has 0 aliphatic rings. The maximum atomic E-state index is 11.8. The van der Waals surface area contributed by atoms with Crippen molar-refractivity contribution in [1.82, 2.24) is 0 Å². The number of carbonyl (C=O) groups is 3. The SMILES string of the molecule is CCOC(=O)c1cccc(C(=O)CCCl)c1C=O. The van der Waals surface area contributed by atoms with Gasteiger partial charge < -0.3 is 4.74 Å². The molecule has 0 aliphatic heterocycles. The zero-order valence-corrected chi connectivity index (χ0v) is 10.7. The van der Waals surface area contributed by atoms with Crippen LogP contribution in [0.3, 0.4) is 0 Å². The van der Waals surface area contributed by atoms with Crippen LogP contribution < -0.4 is 0 Å². The van der Waals surface area contributed by atoms with Crippen LogP contribution in [0.15, 0.2) is 18.2 Å². The normalized spacial score (nSPS) is 9.89. The first-order valence-electron chi connectivity index (χ1n) is 5.50. The minimum Gasteiger partial charge on any atom is -0.462 e. The van der Waals surface area contributed by atoms with Gasteiger partial charge in [0.2, 0.25) is 0 Å². The molecule has 0 aliphatic carbocycles. The van der Waals surface area contributed by atoms with E-state index in [1.165, 1.54) is 12.1 Å². The Labute approximate surface area is 110 Å². The van der Waals surface area contributed by atoms with Crippen molar-refractivity contribution < 1.29 is 19.1 Å². The first-order chi connectivity index (χ1) is 8.65. The van der Waals surface area contributed by atoms with Gasteiger partial charge in [-0.2, -0.15) is 0 Å². The summed E-state index contributed by atoms with van der Waals surface area (Å²) in [5.41, 5.74) is 0.370. The number of rotatable bonds is 6. The molecule has 0 fully saturated rings. The van der Waals surface area contributed by atoms with Gasteiger partial charge in [0.25, 0.3) is 0 Å². The molecule has 1 aromatic carbocycles. The molecule has 96 valence electrons. The number of carbonyl (C=O) groups excluding carboxylic acids is 3. The molecule has 0 radical (unpaired) electrons. The Hall–Kier alpha value is -1.68. The van der Waals surface area contributed by atoms with E-state index in [0.29, 0.717) is 6.29 Å². The van der Waals surface area contributed by atoms with E-state index in [1.807, 2.05) is 0 Å². The first-order valence-corrected chi connectivity index (χ1v) is 6.03. The average molecular weight is 269 g/mol. The lowest BCUT2D eigenvalue weighted by atomic mass is 9.98. The van der Waals surface area contributed by atoms with E-state index in [2.05, 4.69) is 0 Å². The fourth-order valence-corrected chi connectivity index (χ4v) is 1.71. The van der Waals surface area contributed by atoms with Gasteiger partial charge >= 0.3 is 5.97 Å². The van der Waals surface area contributed by atoms with Crippen molar-refractivity contribution in [2.75, 3.05) is 12.5 Å². The summed E-state index contributed by atoms with van der Waals surface area (Å²) in [7, 11) is 0. The van der Waals surface area contributed by atoms with E-state index in [9.17, 15) is 14.4 Å². The third-order valence-corrected chi connectivity index (χ3v) is 2.53. The fraction of sp³-hybridized carbons (Fsp3) is 0.308. The van der Waals surface area contributed by atoms with E-state index in [-0.39, 0.29) is 41.4 Å². The molecule has 0 unspecified atom stereocenters. The van der Waals surface area contributed by atoms with Crippen LogP contribution in [0, 0.1) is 0 Å². The molecule has 1 rings (SSSR count). The van der Waals surface area contributed by atoms with Gasteiger partial charge in [-0.05, 0) is 13.0 Å². The number of esters is 1. The summed E-state index contributed by atoms with van der Waals surface area (Å²) < 4.78 is 4.83. The Morgan fingerprint density at radius 1 is 1.33 bits per heavy atom. The van der Waals surface area contributed by atoms with Crippen molar-refractivity contribution in [3.8, 4) is 0 Å². The molecule has 0 spiro atoms. The summed E-state index contributed by atoms with van der Waals surface area (Å²) in [5.74, 6) is -0.709. The first kappa shape index (κ1) is 14.4. The third-order valence-electron chi connectivity index (χ3n) is 2.34. The number of ketones is 1. The minimum absolute atomic E-state index is 0.0612. The highest BCUT2D eigenvalue weighted by Crippen LogP contribution is 2.16. The van der Waals surface area contributed by atoms with E-state index in [4.69, 9.17) is 16.3 Å². The summed E-state index contributed by atoms with van der Waals surface area (Å²) in [6.07, 6.45) is 0.613. The number of hydrogen-bond acceptors (Lipinski definition) is 4. The second-order valence-corrected chi connectivity index (χ2v) is 3.85. The molecule has 0 aromatic heterocycles. The quantitative estimate of drug-likeness (QED) is 0.344. The zero-order chi connectivity index (χ0) is 13.5. The summed E-state index contributed by atoms with van der Waals surface area (Å²) in [6.45, 7) is 1.87. The predicted molar refractivity (Wildman–Crippen MR) is 67.5 cm³/mol. The molecule has 18 heavy (non-hydrogen) atoms. The van der Waals surface area contributed by atoms with Crippen LogP contribution in [0.5, 0.6) is 0 Å². The smallest absolute Gasteiger partial charge is 0.338 e. The fourth-order valence-electron chi connectivity index (χ4n) is 1.54. The highest BCUT2D eigenvalue weighted by Gasteiger charge is 2.18. The van der Waals surface area contributed by atoms with Crippen molar-refractivity contribution in [1.29, 1.82) is 0 Å². The van der Waals surface area contributed by atoms with Gasteiger partial charge in [0.1, 0.15) is 0 Å². The number of halogens is 1. The van der Waals surface area contributed by atoms with Crippen LogP contribution >= 0.6 is 11.6 Å². The van der Waals surface area contributed by atoms with E-state index in [0.717, 1.165) is 0 Å². The number of hydrogen-bond donors (Lipinski definition) is 0. The summed E-state index contributed by atoms with van der Waals surface area (Å²) >= 11 is 5.49. The van der Waals surface area contributed by atoms with Crippen LogP contribution in [0.1, 0.15) is 44.4 Å². The van der Waals surface area contributed by atoms with Gasteiger partial charge in [0.05, 0.1) is 12.2 Å². The molecule has 0 bridgehead atoms. The van der Waals surface area contributed by atoms with E-state index in [1.54, 1.807) is 13.0 Å². The van der Waals surface area contributed by atoms with E-state index >= 15 is 0 Å². The molecular formula is C13H13ClO4. The van der Waals surface area contributed by atoms with Crippen LogP contribution in [-0.2, 0) is 4.74 Å². The largest absolute Gasteiger partial charge is 0.462 e. The number of Topliss-reactive ketones (excluding diaryl/α,β-unsaturated/α-hetero) is 1. The van der Waals surface area contributed by atoms with Crippen LogP contribution in [0.25, 0.3) is 0 Å². The molecule has 0 saturated heterocycles. The second kappa shape index (κ2) is 6.91. The summed E-state index contributed by atoms with van der Waals surface area (Å²) in [4.78, 5) is 34.5. The zero-order valence-electron chi connectivity index (χ0n) is 9.94. The van der Waals surface area contributed by atoms with Crippen molar-refractivity contribution in [3.63, 3.8) is 0 Å². The van der Waals surface area contributed by atoms with Crippen molar-refractivity contribution in [2.45, 2.75) is 13.3 Å².